The van der Waals surface area contributed by atoms with Crippen LogP contribution in [0.3, 0.4) is 0 Å². The summed E-state index contributed by atoms with van der Waals surface area (Å²) in [5.74, 6) is 0. The second-order valence-electron chi connectivity index (χ2n) is 7.67. The molecular weight excluding hydrogens is 398 g/mol. The third-order valence-corrected chi connectivity index (χ3v) is 6.82. The number of ether oxygens (including phenoxy) is 1. The van der Waals surface area contributed by atoms with Gasteiger partial charge in [-0.05, 0) is 25.5 Å². The second kappa shape index (κ2) is 7.86. The minimum Gasteiger partial charge on any atom is -0.379 e. The Hall–Kier alpha value is -2.68. The maximum absolute atomic E-state index is 12.8. The van der Waals surface area contributed by atoms with Crippen molar-refractivity contribution in [3.63, 3.8) is 0 Å². The molecule has 1 aromatic carbocycles. The molecule has 156 valence electrons. The summed E-state index contributed by atoms with van der Waals surface area (Å²) in [5, 5.41) is 2.71. The topological polar surface area (TPSA) is 62.6 Å². The van der Waals surface area contributed by atoms with Crippen molar-refractivity contribution < 1.29 is 4.74 Å². The molecule has 3 aromatic rings. The molecule has 0 radical (unpaired) electrons. The van der Waals surface area contributed by atoms with Crippen molar-refractivity contribution in [1.29, 1.82) is 0 Å². The number of fused-ring (bicyclic) bond motifs is 2. The first-order valence-electron chi connectivity index (χ1n) is 10.3. The van der Waals surface area contributed by atoms with Crippen LogP contribution in [-0.4, -0.2) is 47.3 Å². The van der Waals surface area contributed by atoms with Crippen molar-refractivity contribution >= 4 is 38.1 Å². The van der Waals surface area contributed by atoms with Gasteiger partial charge in [-0.2, -0.15) is 0 Å². The first kappa shape index (κ1) is 19.3. The molecule has 1 fully saturated rings. The Morgan fingerprint density at radius 3 is 2.83 bits per heavy atom. The fourth-order valence-electron chi connectivity index (χ4n) is 4.19. The van der Waals surface area contributed by atoms with Crippen molar-refractivity contribution in [2.75, 3.05) is 43.3 Å². The van der Waals surface area contributed by atoms with Crippen LogP contribution in [0.1, 0.15) is 17.7 Å². The van der Waals surface area contributed by atoms with Gasteiger partial charge in [0.15, 0.2) is 0 Å². The lowest BCUT2D eigenvalue weighted by Gasteiger charge is -2.26. The number of morpholine rings is 1. The molecule has 0 atom stereocenters. The Morgan fingerprint density at radius 1 is 1.23 bits per heavy atom. The van der Waals surface area contributed by atoms with Gasteiger partial charge in [-0.15, -0.1) is 0 Å². The van der Waals surface area contributed by atoms with Crippen molar-refractivity contribution in [1.82, 2.24) is 14.5 Å². The van der Waals surface area contributed by atoms with Gasteiger partial charge in [-0.1, -0.05) is 30.0 Å². The Bertz CT molecular complexity index is 1130. The molecule has 0 aliphatic carbocycles. The van der Waals surface area contributed by atoms with Crippen LogP contribution in [0.15, 0.2) is 41.7 Å². The summed E-state index contributed by atoms with van der Waals surface area (Å²) in [6.45, 7) is 11.5. The molecule has 8 heteroatoms. The van der Waals surface area contributed by atoms with Gasteiger partial charge in [0, 0.05) is 43.5 Å². The van der Waals surface area contributed by atoms with Gasteiger partial charge < -0.3 is 9.30 Å². The van der Waals surface area contributed by atoms with E-state index in [-0.39, 0.29) is 5.56 Å². The van der Waals surface area contributed by atoms with E-state index in [1.165, 1.54) is 0 Å². The molecule has 4 heterocycles. The summed E-state index contributed by atoms with van der Waals surface area (Å²) < 4.78 is 8.40. The molecule has 0 bridgehead atoms. The highest BCUT2D eigenvalue weighted by molar-refractivity contribution is 7.22. The minimum atomic E-state index is 0.0136. The number of anilines is 2. The zero-order valence-corrected chi connectivity index (χ0v) is 17.9. The third kappa shape index (κ3) is 3.40. The standard InChI is InChI=1S/C22H25N5O2S/c1-15-21-16(2)27(22-23-17-6-3-4-7-19(17)30-22)24-18(21)14-20(28)26(15)9-5-8-25-10-12-29-13-11-25/h3-4,6-7,14,24H,2,5,8-13H2,1H3. The summed E-state index contributed by atoms with van der Waals surface area (Å²) >= 11 is 1.60. The highest BCUT2D eigenvalue weighted by Crippen LogP contribution is 2.40. The molecule has 1 saturated heterocycles. The zero-order valence-electron chi connectivity index (χ0n) is 17.1. The number of pyridine rings is 1. The summed E-state index contributed by atoms with van der Waals surface area (Å²) in [4.78, 5) is 19.9. The van der Waals surface area contributed by atoms with Gasteiger partial charge in [0.1, 0.15) is 0 Å². The molecule has 0 saturated carbocycles. The summed E-state index contributed by atoms with van der Waals surface area (Å²) in [6, 6.07) is 9.74. The fourth-order valence-corrected chi connectivity index (χ4v) is 5.15. The van der Waals surface area contributed by atoms with Gasteiger partial charge in [-0.3, -0.25) is 15.1 Å². The van der Waals surface area contributed by atoms with E-state index < -0.39 is 0 Å². The lowest BCUT2D eigenvalue weighted by atomic mass is 10.1. The summed E-state index contributed by atoms with van der Waals surface area (Å²) in [6.07, 6.45) is 0.932. The SMILES string of the molecule is C=C1c2c(cc(=O)n(CCCN3CCOCC3)c2C)NN1c1nc2ccccc2s1. The Morgan fingerprint density at radius 2 is 2.03 bits per heavy atom. The van der Waals surface area contributed by atoms with E-state index in [9.17, 15) is 4.79 Å². The van der Waals surface area contributed by atoms with Crippen LogP contribution >= 0.6 is 11.3 Å². The molecule has 0 amide bonds. The second-order valence-corrected chi connectivity index (χ2v) is 8.68. The predicted octanol–water partition coefficient (Wildman–Crippen LogP) is 3.31. The van der Waals surface area contributed by atoms with Crippen LogP contribution in [0.5, 0.6) is 0 Å². The lowest BCUT2D eigenvalue weighted by Crippen LogP contribution is -2.37. The number of nitrogens with zero attached hydrogens (tertiary/aromatic N) is 4. The molecule has 5 rings (SSSR count). The number of aromatic nitrogens is 2. The Labute approximate surface area is 179 Å². The molecule has 0 unspecified atom stereocenters. The third-order valence-electron chi connectivity index (χ3n) is 5.79. The van der Waals surface area contributed by atoms with E-state index in [1.54, 1.807) is 17.4 Å². The van der Waals surface area contributed by atoms with Gasteiger partial charge in [-0.25, -0.2) is 9.99 Å². The average molecular weight is 424 g/mol. The van der Waals surface area contributed by atoms with E-state index in [0.717, 1.165) is 77.3 Å². The van der Waals surface area contributed by atoms with Crippen LogP contribution in [0, 0.1) is 6.92 Å². The first-order valence-corrected chi connectivity index (χ1v) is 11.1. The molecular formula is C22H25N5O2S. The number of hydrazine groups is 1. The summed E-state index contributed by atoms with van der Waals surface area (Å²) in [7, 11) is 0. The minimum absolute atomic E-state index is 0.0136. The van der Waals surface area contributed by atoms with E-state index in [2.05, 4.69) is 23.0 Å². The van der Waals surface area contributed by atoms with Crippen LogP contribution in [-0.2, 0) is 11.3 Å². The van der Waals surface area contributed by atoms with Crippen LogP contribution in [0.25, 0.3) is 15.9 Å². The zero-order chi connectivity index (χ0) is 20.7. The van der Waals surface area contributed by atoms with Crippen molar-refractivity contribution in [3.8, 4) is 0 Å². The normalized spacial score (nSPS) is 16.8. The highest BCUT2D eigenvalue weighted by Gasteiger charge is 2.29. The average Bonchev–Trinajstić information content (AvgIpc) is 3.32. The number of hydrogen-bond donors (Lipinski definition) is 1. The number of hydrogen-bond acceptors (Lipinski definition) is 7. The lowest BCUT2D eigenvalue weighted by molar-refractivity contribution is 0.0369. The maximum Gasteiger partial charge on any atom is 0.252 e. The number of rotatable bonds is 5. The van der Waals surface area contributed by atoms with Gasteiger partial charge >= 0.3 is 0 Å². The maximum atomic E-state index is 12.8. The van der Waals surface area contributed by atoms with Crippen LogP contribution in [0.4, 0.5) is 10.8 Å². The molecule has 2 aliphatic heterocycles. The fraction of sp³-hybridized carbons (Fsp3) is 0.364. The van der Waals surface area contributed by atoms with Crippen LogP contribution in [0.2, 0.25) is 0 Å². The van der Waals surface area contributed by atoms with Gasteiger partial charge in [0.2, 0.25) is 5.13 Å². The van der Waals surface area contributed by atoms with Crippen molar-refractivity contribution in [2.45, 2.75) is 19.9 Å². The summed E-state index contributed by atoms with van der Waals surface area (Å²) in [5.41, 5.74) is 7.85. The molecule has 30 heavy (non-hydrogen) atoms. The number of thiazole rings is 1. The first-order chi connectivity index (χ1) is 14.6. The number of nitrogens with one attached hydrogen (secondary N) is 1. The van der Waals surface area contributed by atoms with Crippen molar-refractivity contribution in [3.05, 3.63) is 58.5 Å². The van der Waals surface area contributed by atoms with Crippen LogP contribution < -0.4 is 16.0 Å². The molecule has 1 N–H and O–H groups in total. The largest absolute Gasteiger partial charge is 0.379 e. The van der Waals surface area contributed by atoms with E-state index in [1.807, 2.05) is 34.7 Å². The van der Waals surface area contributed by atoms with E-state index in [0.29, 0.717) is 6.54 Å². The predicted molar refractivity (Wildman–Crippen MR) is 122 cm³/mol. The quantitative estimate of drug-likeness (QED) is 0.679. The van der Waals surface area contributed by atoms with E-state index in [4.69, 9.17) is 9.72 Å². The van der Waals surface area contributed by atoms with E-state index >= 15 is 0 Å². The Kier molecular flexibility index (Phi) is 5.06. The molecule has 2 aromatic heterocycles. The number of para-hydroxylation sites is 1. The molecule has 0 spiro atoms. The van der Waals surface area contributed by atoms with Gasteiger partial charge in [0.25, 0.3) is 5.56 Å². The monoisotopic (exact) mass is 423 g/mol. The molecule has 7 nitrogen and oxygen atoms in total. The van der Waals surface area contributed by atoms with Crippen molar-refractivity contribution in [2.24, 2.45) is 0 Å². The van der Waals surface area contributed by atoms with Gasteiger partial charge in [0.05, 0.1) is 34.8 Å². The highest BCUT2D eigenvalue weighted by atomic mass is 32.1. The smallest absolute Gasteiger partial charge is 0.252 e. The Balaban J connectivity index is 1.37. The molecule has 2 aliphatic rings. The number of benzene rings is 1.